The maximum atomic E-state index is 5.61. The number of nitrogens with one attached hydrogen (secondary N) is 1. The number of aromatic nitrogens is 3. The van der Waals surface area contributed by atoms with Gasteiger partial charge in [0.1, 0.15) is 12.7 Å². The van der Waals surface area contributed by atoms with E-state index in [1.165, 1.54) is 12.8 Å². The molecule has 5 heteroatoms. The average molecular weight is 272 g/mol. The molecule has 0 amide bonds. The van der Waals surface area contributed by atoms with Crippen LogP contribution in [0.15, 0.2) is 36.9 Å². The van der Waals surface area contributed by atoms with Crippen molar-refractivity contribution in [3.05, 3.63) is 36.9 Å². The number of rotatable bonds is 4. The van der Waals surface area contributed by atoms with Crippen molar-refractivity contribution < 1.29 is 4.74 Å². The summed E-state index contributed by atoms with van der Waals surface area (Å²) >= 11 is 0. The van der Waals surface area contributed by atoms with E-state index in [0.29, 0.717) is 6.04 Å². The number of anilines is 1. The predicted molar refractivity (Wildman–Crippen MR) is 78.0 cm³/mol. The molecule has 1 aromatic heterocycles. The van der Waals surface area contributed by atoms with E-state index in [2.05, 4.69) is 21.5 Å². The van der Waals surface area contributed by atoms with Crippen LogP contribution in [0, 0.1) is 0 Å². The highest BCUT2D eigenvalue weighted by atomic mass is 16.5. The molecule has 3 rings (SSSR count). The van der Waals surface area contributed by atoms with Crippen molar-refractivity contribution in [2.24, 2.45) is 0 Å². The number of para-hydroxylation sites is 2. The third-order valence-corrected chi connectivity index (χ3v) is 3.92. The molecule has 0 radical (unpaired) electrons. The van der Waals surface area contributed by atoms with Crippen molar-refractivity contribution in [2.75, 3.05) is 12.4 Å². The van der Waals surface area contributed by atoms with Crippen LogP contribution < -0.4 is 5.32 Å². The molecule has 2 atom stereocenters. The smallest absolute Gasteiger partial charge is 0.138 e. The van der Waals surface area contributed by atoms with Crippen molar-refractivity contribution in [2.45, 2.75) is 37.8 Å². The second kappa shape index (κ2) is 6.05. The summed E-state index contributed by atoms with van der Waals surface area (Å²) in [4.78, 5) is 4.02. The molecule has 1 aliphatic rings. The Hall–Kier alpha value is -1.88. The average Bonchev–Trinajstić information content (AvgIpc) is 3.02. The quantitative estimate of drug-likeness (QED) is 0.929. The van der Waals surface area contributed by atoms with Crippen LogP contribution in [0.3, 0.4) is 0 Å². The van der Waals surface area contributed by atoms with Gasteiger partial charge in [-0.3, -0.25) is 0 Å². The van der Waals surface area contributed by atoms with E-state index in [4.69, 9.17) is 4.74 Å². The Morgan fingerprint density at radius 2 is 2.10 bits per heavy atom. The molecular weight excluding hydrogens is 252 g/mol. The highest BCUT2D eigenvalue weighted by Crippen LogP contribution is 2.27. The fourth-order valence-electron chi connectivity index (χ4n) is 2.87. The molecule has 106 valence electrons. The van der Waals surface area contributed by atoms with Crippen LogP contribution in [-0.2, 0) is 4.74 Å². The van der Waals surface area contributed by atoms with Crippen molar-refractivity contribution in [3.63, 3.8) is 0 Å². The first-order valence-corrected chi connectivity index (χ1v) is 7.12. The van der Waals surface area contributed by atoms with Gasteiger partial charge in [-0.2, -0.15) is 5.10 Å². The largest absolute Gasteiger partial charge is 0.379 e. The lowest BCUT2D eigenvalue weighted by Crippen LogP contribution is -2.38. The van der Waals surface area contributed by atoms with Crippen molar-refractivity contribution in [1.82, 2.24) is 14.8 Å². The fraction of sp³-hybridized carbons (Fsp3) is 0.467. The van der Waals surface area contributed by atoms with Crippen LogP contribution in [0.5, 0.6) is 0 Å². The Labute approximate surface area is 119 Å². The van der Waals surface area contributed by atoms with Gasteiger partial charge in [0, 0.05) is 7.11 Å². The summed E-state index contributed by atoms with van der Waals surface area (Å²) < 4.78 is 7.39. The summed E-state index contributed by atoms with van der Waals surface area (Å²) in [6, 6.07) is 8.53. The van der Waals surface area contributed by atoms with Gasteiger partial charge in [0.25, 0.3) is 0 Å². The molecule has 1 saturated carbocycles. The van der Waals surface area contributed by atoms with Gasteiger partial charge in [0.15, 0.2) is 0 Å². The molecule has 2 unspecified atom stereocenters. The van der Waals surface area contributed by atoms with E-state index in [1.54, 1.807) is 24.4 Å². The lowest BCUT2D eigenvalue weighted by atomic mass is 9.92. The molecule has 1 fully saturated rings. The summed E-state index contributed by atoms with van der Waals surface area (Å²) in [7, 11) is 1.80. The number of methoxy groups -OCH3 is 1. The van der Waals surface area contributed by atoms with Gasteiger partial charge in [0.05, 0.1) is 23.5 Å². The second-order valence-corrected chi connectivity index (χ2v) is 5.17. The van der Waals surface area contributed by atoms with Crippen molar-refractivity contribution >= 4 is 5.69 Å². The number of nitrogens with zero attached hydrogens (tertiary/aromatic N) is 3. The van der Waals surface area contributed by atoms with Crippen LogP contribution in [0.1, 0.15) is 25.7 Å². The number of benzene rings is 1. The first-order chi connectivity index (χ1) is 9.88. The summed E-state index contributed by atoms with van der Waals surface area (Å²) in [6.45, 7) is 0. The summed E-state index contributed by atoms with van der Waals surface area (Å²) in [5.74, 6) is 0. The van der Waals surface area contributed by atoms with Crippen molar-refractivity contribution in [1.29, 1.82) is 0 Å². The van der Waals surface area contributed by atoms with Gasteiger partial charge in [-0.15, -0.1) is 0 Å². The van der Waals surface area contributed by atoms with E-state index in [1.807, 2.05) is 18.2 Å². The predicted octanol–water partition coefficient (Wildman–Crippen LogP) is 2.64. The molecule has 1 N–H and O–H groups in total. The number of hydrogen-bond donors (Lipinski definition) is 1. The molecule has 1 aliphatic carbocycles. The van der Waals surface area contributed by atoms with Gasteiger partial charge < -0.3 is 10.1 Å². The first kappa shape index (κ1) is 13.1. The third-order valence-electron chi connectivity index (χ3n) is 3.92. The molecule has 0 saturated heterocycles. The van der Waals surface area contributed by atoms with Crippen LogP contribution in [0.25, 0.3) is 5.69 Å². The Balaban J connectivity index is 1.83. The standard InChI is InChI=1S/C15H20N4O/c1-20-15-9-5-3-7-13(15)18-12-6-2-4-8-14(12)19-11-16-10-17-19/h2,4,6,8,10-11,13,15,18H,3,5,7,9H2,1H3. The van der Waals surface area contributed by atoms with Crippen LogP contribution in [-0.4, -0.2) is 34.0 Å². The fourth-order valence-corrected chi connectivity index (χ4v) is 2.87. The Kier molecular flexibility index (Phi) is 3.97. The van der Waals surface area contributed by atoms with Crippen LogP contribution in [0.4, 0.5) is 5.69 Å². The maximum Gasteiger partial charge on any atom is 0.138 e. The van der Waals surface area contributed by atoms with Gasteiger partial charge in [-0.25, -0.2) is 9.67 Å². The molecule has 0 aliphatic heterocycles. The first-order valence-electron chi connectivity index (χ1n) is 7.12. The topological polar surface area (TPSA) is 52.0 Å². The summed E-state index contributed by atoms with van der Waals surface area (Å²) in [6.07, 6.45) is 8.33. The van der Waals surface area contributed by atoms with Gasteiger partial charge in [-0.05, 0) is 25.0 Å². The van der Waals surface area contributed by atoms with E-state index in [9.17, 15) is 0 Å². The van der Waals surface area contributed by atoms with E-state index < -0.39 is 0 Å². The summed E-state index contributed by atoms with van der Waals surface area (Å²) in [5.41, 5.74) is 2.09. The lowest BCUT2D eigenvalue weighted by molar-refractivity contribution is 0.0606. The molecular formula is C15H20N4O. The molecule has 1 aromatic carbocycles. The van der Waals surface area contributed by atoms with Crippen molar-refractivity contribution in [3.8, 4) is 5.69 Å². The van der Waals surface area contributed by atoms with E-state index in [-0.39, 0.29) is 6.10 Å². The zero-order valence-corrected chi connectivity index (χ0v) is 11.7. The highest BCUT2D eigenvalue weighted by Gasteiger charge is 2.25. The molecule has 0 bridgehead atoms. The third kappa shape index (κ3) is 2.67. The maximum absolute atomic E-state index is 5.61. The molecule has 20 heavy (non-hydrogen) atoms. The van der Waals surface area contributed by atoms with E-state index >= 15 is 0 Å². The highest BCUT2D eigenvalue weighted by molar-refractivity contribution is 5.61. The minimum absolute atomic E-state index is 0.285. The molecule has 1 heterocycles. The minimum atomic E-state index is 0.285. The van der Waals surface area contributed by atoms with Crippen LogP contribution in [0.2, 0.25) is 0 Å². The molecule has 0 spiro atoms. The van der Waals surface area contributed by atoms with Gasteiger partial charge in [0.2, 0.25) is 0 Å². The Bertz CT molecular complexity index is 541. The zero-order valence-electron chi connectivity index (χ0n) is 11.7. The Morgan fingerprint density at radius 1 is 1.25 bits per heavy atom. The lowest BCUT2D eigenvalue weighted by Gasteiger charge is -2.32. The van der Waals surface area contributed by atoms with Crippen LogP contribution >= 0.6 is 0 Å². The monoisotopic (exact) mass is 272 g/mol. The van der Waals surface area contributed by atoms with E-state index in [0.717, 1.165) is 24.2 Å². The van der Waals surface area contributed by atoms with Gasteiger partial charge >= 0.3 is 0 Å². The second-order valence-electron chi connectivity index (χ2n) is 5.17. The number of hydrogen-bond acceptors (Lipinski definition) is 4. The zero-order chi connectivity index (χ0) is 13.8. The Morgan fingerprint density at radius 3 is 2.90 bits per heavy atom. The van der Waals surface area contributed by atoms with Gasteiger partial charge in [-0.1, -0.05) is 25.0 Å². The normalized spacial score (nSPS) is 22.6. The molecule has 2 aromatic rings. The SMILES string of the molecule is COC1CCCCC1Nc1ccccc1-n1cncn1. The molecule has 5 nitrogen and oxygen atoms in total. The summed E-state index contributed by atoms with van der Waals surface area (Å²) in [5, 5.41) is 7.84. The minimum Gasteiger partial charge on any atom is -0.379 e. The number of ether oxygens (including phenoxy) is 1.